The Morgan fingerprint density at radius 3 is 2.23 bits per heavy atom. The summed E-state index contributed by atoms with van der Waals surface area (Å²) in [6.07, 6.45) is -3.99. The number of hydrogen-bond donors (Lipinski definition) is 0. The van der Waals surface area contributed by atoms with Crippen molar-refractivity contribution in [1.29, 1.82) is 0 Å². The third-order valence-corrected chi connectivity index (χ3v) is 6.76. The molecule has 1 unspecified atom stereocenters. The SMILES string of the molecule is CCN(CC)C(=O)C1CCN(C(=O)C2(C(F)(F)F)CCN(Cc3ccccc3)C2)CC1. The molecule has 2 amide bonds. The Kier molecular flexibility index (Phi) is 7.29. The van der Waals surface area contributed by atoms with Crippen LogP contribution in [0.1, 0.15) is 38.7 Å². The summed E-state index contributed by atoms with van der Waals surface area (Å²) < 4.78 is 42.6. The molecule has 172 valence electrons. The van der Waals surface area contributed by atoms with Gasteiger partial charge in [-0.15, -0.1) is 0 Å². The molecule has 0 radical (unpaired) electrons. The number of rotatable bonds is 6. The van der Waals surface area contributed by atoms with Crippen LogP contribution in [-0.4, -0.2) is 72.0 Å². The zero-order chi connectivity index (χ0) is 22.6. The Balaban J connectivity index is 1.67. The topological polar surface area (TPSA) is 43.9 Å². The standard InChI is InChI=1S/C23H32F3N3O2/c1-3-28(4-2)20(30)19-10-13-29(14-11-19)21(31)22(23(24,25)26)12-15-27(17-22)16-18-8-6-5-7-9-18/h5-9,19H,3-4,10-17H2,1-2H3. The molecule has 1 atom stereocenters. The van der Waals surface area contributed by atoms with Gasteiger partial charge in [0.15, 0.2) is 5.41 Å². The molecule has 3 rings (SSSR count). The molecule has 0 spiro atoms. The molecule has 0 saturated carbocycles. The monoisotopic (exact) mass is 439 g/mol. The van der Waals surface area contributed by atoms with Gasteiger partial charge in [0.1, 0.15) is 0 Å². The fraction of sp³-hybridized carbons (Fsp3) is 0.652. The van der Waals surface area contributed by atoms with E-state index < -0.39 is 17.5 Å². The minimum absolute atomic E-state index is 0.0394. The molecule has 1 aromatic rings. The summed E-state index contributed by atoms with van der Waals surface area (Å²) in [4.78, 5) is 30.5. The first-order valence-corrected chi connectivity index (χ1v) is 11.1. The van der Waals surface area contributed by atoms with Crippen LogP contribution in [0.4, 0.5) is 13.2 Å². The van der Waals surface area contributed by atoms with Crippen molar-refractivity contribution in [3.05, 3.63) is 35.9 Å². The van der Waals surface area contributed by atoms with Crippen molar-refractivity contribution in [3.63, 3.8) is 0 Å². The first kappa shape index (κ1) is 23.6. The molecule has 0 bridgehead atoms. The lowest BCUT2D eigenvalue weighted by molar-refractivity contribution is -0.224. The maximum Gasteiger partial charge on any atom is 0.404 e. The Labute approximate surface area is 182 Å². The lowest BCUT2D eigenvalue weighted by Gasteiger charge is -2.39. The summed E-state index contributed by atoms with van der Waals surface area (Å²) in [5.74, 6) is -1.01. The highest BCUT2D eigenvalue weighted by Crippen LogP contribution is 2.47. The molecule has 0 aromatic heterocycles. The summed E-state index contributed by atoms with van der Waals surface area (Å²) in [6, 6.07) is 9.35. The third kappa shape index (κ3) is 4.89. The van der Waals surface area contributed by atoms with Crippen molar-refractivity contribution < 1.29 is 22.8 Å². The van der Waals surface area contributed by atoms with Gasteiger partial charge in [-0.3, -0.25) is 14.5 Å². The van der Waals surface area contributed by atoms with Gasteiger partial charge in [0.2, 0.25) is 11.8 Å². The predicted molar refractivity (Wildman–Crippen MR) is 112 cm³/mol. The number of benzene rings is 1. The summed E-state index contributed by atoms with van der Waals surface area (Å²) in [7, 11) is 0. The molecule has 8 heteroatoms. The largest absolute Gasteiger partial charge is 0.404 e. The predicted octanol–water partition coefficient (Wildman–Crippen LogP) is 3.55. The number of hydrogen-bond acceptors (Lipinski definition) is 3. The van der Waals surface area contributed by atoms with Crippen LogP contribution in [0.5, 0.6) is 0 Å². The molecule has 0 aliphatic carbocycles. The maximum absolute atomic E-state index is 14.2. The van der Waals surface area contributed by atoms with Gasteiger partial charge in [0.05, 0.1) is 0 Å². The van der Waals surface area contributed by atoms with E-state index in [1.807, 2.05) is 44.2 Å². The van der Waals surface area contributed by atoms with E-state index in [1.165, 1.54) is 4.90 Å². The lowest BCUT2D eigenvalue weighted by atomic mass is 9.83. The molecule has 5 nitrogen and oxygen atoms in total. The zero-order valence-corrected chi connectivity index (χ0v) is 18.3. The van der Waals surface area contributed by atoms with Crippen molar-refractivity contribution in [2.24, 2.45) is 11.3 Å². The van der Waals surface area contributed by atoms with Crippen LogP contribution in [0, 0.1) is 11.3 Å². The summed E-state index contributed by atoms with van der Waals surface area (Å²) in [5, 5.41) is 0. The number of amides is 2. The van der Waals surface area contributed by atoms with Crippen molar-refractivity contribution in [3.8, 4) is 0 Å². The van der Waals surface area contributed by atoms with Gasteiger partial charge in [0.25, 0.3) is 0 Å². The van der Waals surface area contributed by atoms with Gasteiger partial charge in [-0.25, -0.2) is 0 Å². The molecule has 2 heterocycles. The maximum atomic E-state index is 14.2. The number of piperidine rings is 1. The molecule has 2 aliphatic heterocycles. The summed E-state index contributed by atoms with van der Waals surface area (Å²) >= 11 is 0. The smallest absolute Gasteiger partial charge is 0.343 e. The van der Waals surface area contributed by atoms with Crippen molar-refractivity contribution >= 4 is 11.8 Å². The molecule has 0 N–H and O–H groups in total. The van der Waals surface area contributed by atoms with E-state index in [0.717, 1.165) is 5.56 Å². The van der Waals surface area contributed by atoms with Gasteiger partial charge in [-0.05, 0) is 45.2 Å². The molecular formula is C23H32F3N3O2. The average Bonchev–Trinajstić information content (AvgIpc) is 3.20. The third-order valence-electron chi connectivity index (χ3n) is 6.76. The van der Waals surface area contributed by atoms with E-state index in [1.54, 1.807) is 9.80 Å². The summed E-state index contributed by atoms with van der Waals surface area (Å²) in [6.45, 7) is 5.76. The number of carbonyl (C=O) groups is 2. The first-order valence-electron chi connectivity index (χ1n) is 11.1. The number of alkyl halides is 3. The molecule has 2 saturated heterocycles. The van der Waals surface area contributed by atoms with Crippen LogP contribution in [0.3, 0.4) is 0 Å². The zero-order valence-electron chi connectivity index (χ0n) is 18.3. The van der Waals surface area contributed by atoms with Gasteiger partial charge in [-0.2, -0.15) is 13.2 Å². The second-order valence-corrected chi connectivity index (χ2v) is 8.60. The average molecular weight is 440 g/mol. The summed E-state index contributed by atoms with van der Waals surface area (Å²) in [5.41, 5.74) is -1.43. The van der Waals surface area contributed by atoms with E-state index in [-0.39, 0.29) is 44.4 Å². The van der Waals surface area contributed by atoms with Crippen LogP contribution in [0.25, 0.3) is 0 Å². The molecule has 1 aromatic carbocycles. The molecular weight excluding hydrogens is 407 g/mol. The normalized spacial score (nSPS) is 23.2. The number of halogens is 3. The highest BCUT2D eigenvalue weighted by Gasteiger charge is 2.64. The van der Waals surface area contributed by atoms with E-state index >= 15 is 0 Å². The Hall–Kier alpha value is -2.09. The fourth-order valence-corrected chi connectivity index (χ4v) is 4.82. The Morgan fingerprint density at radius 2 is 1.68 bits per heavy atom. The first-order chi connectivity index (χ1) is 14.7. The highest BCUT2D eigenvalue weighted by molar-refractivity contribution is 5.85. The molecule has 2 aliphatic rings. The molecule has 31 heavy (non-hydrogen) atoms. The van der Waals surface area contributed by atoms with E-state index in [2.05, 4.69) is 0 Å². The number of likely N-dealkylation sites (tertiary alicyclic amines) is 2. The Morgan fingerprint density at radius 1 is 1.06 bits per heavy atom. The Bertz CT molecular complexity index is 759. The quantitative estimate of drug-likeness (QED) is 0.681. The van der Waals surface area contributed by atoms with E-state index in [0.29, 0.717) is 32.5 Å². The van der Waals surface area contributed by atoms with Crippen molar-refractivity contribution in [2.45, 2.75) is 45.8 Å². The van der Waals surface area contributed by atoms with Crippen LogP contribution in [-0.2, 0) is 16.1 Å². The second kappa shape index (κ2) is 9.59. The van der Waals surface area contributed by atoms with Crippen LogP contribution < -0.4 is 0 Å². The van der Waals surface area contributed by atoms with Crippen LogP contribution >= 0.6 is 0 Å². The fourth-order valence-electron chi connectivity index (χ4n) is 4.82. The van der Waals surface area contributed by atoms with Gasteiger partial charge in [-0.1, -0.05) is 30.3 Å². The van der Waals surface area contributed by atoms with Crippen molar-refractivity contribution in [1.82, 2.24) is 14.7 Å². The molecule has 2 fully saturated rings. The second-order valence-electron chi connectivity index (χ2n) is 8.60. The highest BCUT2D eigenvalue weighted by atomic mass is 19.4. The minimum Gasteiger partial charge on any atom is -0.343 e. The minimum atomic E-state index is -4.61. The van der Waals surface area contributed by atoms with Crippen LogP contribution in [0.2, 0.25) is 0 Å². The van der Waals surface area contributed by atoms with Gasteiger partial charge in [0, 0.05) is 45.2 Å². The number of carbonyl (C=O) groups excluding carboxylic acids is 2. The van der Waals surface area contributed by atoms with Crippen LogP contribution in [0.15, 0.2) is 30.3 Å². The van der Waals surface area contributed by atoms with E-state index in [9.17, 15) is 22.8 Å². The van der Waals surface area contributed by atoms with Crippen molar-refractivity contribution in [2.75, 3.05) is 39.3 Å². The van der Waals surface area contributed by atoms with E-state index in [4.69, 9.17) is 0 Å². The van der Waals surface area contributed by atoms with Gasteiger partial charge >= 0.3 is 6.18 Å². The lowest BCUT2D eigenvalue weighted by Crippen LogP contribution is -2.56. The number of nitrogens with zero attached hydrogens (tertiary/aromatic N) is 3. The van der Waals surface area contributed by atoms with Gasteiger partial charge < -0.3 is 9.80 Å².